The molecule has 0 aliphatic carbocycles. The number of aryl methyl sites for hydroxylation is 3. The standard InChI is InChI=1S/C25H22ClN3O3/c1-14-5-8-23(15(2)9-14)28-24(30)19(13-27)11-18-10-16(3)29(17(18)4)20-6-7-21(25(31)32)22(26)12-20/h5-12H,1-4H3,(H,28,30)(H,31,32)/b19-11-. The van der Waals surface area contributed by atoms with Gasteiger partial charge in [-0.1, -0.05) is 29.3 Å². The minimum atomic E-state index is -1.10. The summed E-state index contributed by atoms with van der Waals surface area (Å²) in [7, 11) is 0. The van der Waals surface area contributed by atoms with Crippen molar-refractivity contribution in [3.05, 3.63) is 86.7 Å². The van der Waals surface area contributed by atoms with Crippen molar-refractivity contribution >= 4 is 35.2 Å². The highest BCUT2D eigenvalue weighted by molar-refractivity contribution is 6.33. The van der Waals surface area contributed by atoms with E-state index in [1.165, 1.54) is 6.07 Å². The summed E-state index contributed by atoms with van der Waals surface area (Å²) >= 11 is 6.13. The van der Waals surface area contributed by atoms with E-state index in [4.69, 9.17) is 11.6 Å². The number of benzene rings is 2. The van der Waals surface area contributed by atoms with E-state index in [9.17, 15) is 20.0 Å². The van der Waals surface area contributed by atoms with Gasteiger partial charge in [0.05, 0.1) is 10.6 Å². The molecule has 2 aromatic carbocycles. The molecule has 0 radical (unpaired) electrons. The van der Waals surface area contributed by atoms with E-state index in [1.54, 1.807) is 18.2 Å². The largest absolute Gasteiger partial charge is 0.478 e. The topological polar surface area (TPSA) is 95.1 Å². The van der Waals surface area contributed by atoms with Gasteiger partial charge in [0.15, 0.2) is 0 Å². The van der Waals surface area contributed by atoms with Gasteiger partial charge in [0.2, 0.25) is 0 Å². The number of hydrogen-bond donors (Lipinski definition) is 2. The molecule has 162 valence electrons. The van der Waals surface area contributed by atoms with Crippen LogP contribution in [-0.2, 0) is 4.79 Å². The normalized spacial score (nSPS) is 11.2. The van der Waals surface area contributed by atoms with Crippen molar-refractivity contribution in [2.45, 2.75) is 27.7 Å². The number of carboxylic acids is 1. The Kier molecular flexibility index (Phi) is 6.52. The first-order chi connectivity index (χ1) is 15.1. The lowest BCUT2D eigenvalue weighted by molar-refractivity contribution is -0.112. The van der Waals surface area contributed by atoms with Gasteiger partial charge in [-0.15, -0.1) is 0 Å². The number of rotatable bonds is 5. The Bertz CT molecular complexity index is 1310. The molecule has 2 N–H and O–H groups in total. The third-order valence-electron chi connectivity index (χ3n) is 5.21. The van der Waals surface area contributed by atoms with E-state index >= 15 is 0 Å². The number of hydrogen-bond acceptors (Lipinski definition) is 3. The predicted molar refractivity (Wildman–Crippen MR) is 125 cm³/mol. The lowest BCUT2D eigenvalue weighted by Crippen LogP contribution is -2.14. The minimum Gasteiger partial charge on any atom is -0.478 e. The molecule has 0 fully saturated rings. The van der Waals surface area contributed by atoms with Crippen LogP contribution in [0.25, 0.3) is 11.8 Å². The van der Waals surface area contributed by atoms with Crippen LogP contribution >= 0.6 is 11.6 Å². The molecule has 0 saturated heterocycles. The van der Waals surface area contributed by atoms with Crippen molar-refractivity contribution < 1.29 is 14.7 Å². The Morgan fingerprint density at radius 1 is 1.09 bits per heavy atom. The Labute approximate surface area is 191 Å². The number of carbonyl (C=O) groups excluding carboxylic acids is 1. The van der Waals surface area contributed by atoms with Crippen molar-refractivity contribution in [1.29, 1.82) is 5.26 Å². The van der Waals surface area contributed by atoms with Crippen LogP contribution in [0.15, 0.2) is 48.0 Å². The maximum Gasteiger partial charge on any atom is 0.337 e. The van der Waals surface area contributed by atoms with E-state index in [1.807, 2.05) is 62.6 Å². The van der Waals surface area contributed by atoms with Crippen molar-refractivity contribution in [3.63, 3.8) is 0 Å². The van der Waals surface area contributed by atoms with Gasteiger partial charge in [-0.3, -0.25) is 4.79 Å². The first-order valence-electron chi connectivity index (χ1n) is 9.85. The lowest BCUT2D eigenvalue weighted by Gasteiger charge is -2.11. The zero-order valence-corrected chi connectivity index (χ0v) is 18.9. The number of anilines is 1. The van der Waals surface area contributed by atoms with E-state index in [-0.39, 0.29) is 16.2 Å². The molecular weight excluding hydrogens is 426 g/mol. The van der Waals surface area contributed by atoms with Gasteiger partial charge in [0.25, 0.3) is 5.91 Å². The van der Waals surface area contributed by atoms with Crippen molar-refractivity contribution in [1.82, 2.24) is 4.57 Å². The van der Waals surface area contributed by atoms with Crippen LogP contribution in [0.3, 0.4) is 0 Å². The fourth-order valence-electron chi connectivity index (χ4n) is 3.60. The monoisotopic (exact) mass is 447 g/mol. The molecular formula is C25H22ClN3O3. The second-order valence-electron chi connectivity index (χ2n) is 7.57. The fraction of sp³-hybridized carbons (Fsp3) is 0.160. The number of nitrogens with one attached hydrogen (secondary N) is 1. The zero-order valence-electron chi connectivity index (χ0n) is 18.2. The molecule has 0 atom stereocenters. The van der Waals surface area contributed by atoms with Crippen LogP contribution in [0.5, 0.6) is 0 Å². The lowest BCUT2D eigenvalue weighted by atomic mass is 10.1. The molecule has 0 unspecified atom stereocenters. The SMILES string of the molecule is Cc1ccc(NC(=O)/C(C#N)=C\c2cc(C)n(-c3ccc(C(=O)O)c(Cl)c3)c2C)c(C)c1. The quantitative estimate of drug-likeness (QED) is 0.392. The Morgan fingerprint density at radius 2 is 1.81 bits per heavy atom. The summed E-state index contributed by atoms with van der Waals surface area (Å²) < 4.78 is 1.89. The van der Waals surface area contributed by atoms with E-state index < -0.39 is 11.9 Å². The number of carboxylic acid groups (broad SMARTS) is 1. The van der Waals surface area contributed by atoms with Crippen LogP contribution < -0.4 is 5.32 Å². The van der Waals surface area contributed by atoms with E-state index in [2.05, 4.69) is 5.32 Å². The molecule has 0 spiro atoms. The molecule has 1 aromatic heterocycles. The highest BCUT2D eigenvalue weighted by Crippen LogP contribution is 2.27. The molecule has 6 nitrogen and oxygen atoms in total. The number of aromatic carboxylic acids is 1. The van der Waals surface area contributed by atoms with Crippen LogP contribution in [0.4, 0.5) is 5.69 Å². The Morgan fingerprint density at radius 3 is 2.41 bits per heavy atom. The Balaban J connectivity index is 1.96. The number of nitriles is 1. The van der Waals surface area contributed by atoms with E-state index in [0.717, 1.165) is 22.5 Å². The first kappa shape index (κ1) is 22.9. The third-order valence-corrected chi connectivity index (χ3v) is 5.52. The summed E-state index contributed by atoms with van der Waals surface area (Å²) in [4.78, 5) is 23.9. The van der Waals surface area contributed by atoms with Crippen LogP contribution in [0, 0.1) is 39.0 Å². The van der Waals surface area contributed by atoms with Gasteiger partial charge in [-0.05, 0) is 75.2 Å². The van der Waals surface area contributed by atoms with Crippen LogP contribution in [0.1, 0.15) is 38.4 Å². The summed E-state index contributed by atoms with van der Waals surface area (Å²) in [6.45, 7) is 7.60. The average Bonchev–Trinajstić information content (AvgIpc) is 3.00. The zero-order chi connectivity index (χ0) is 23.6. The number of nitrogens with zero attached hydrogens (tertiary/aromatic N) is 2. The maximum absolute atomic E-state index is 12.7. The van der Waals surface area contributed by atoms with Gasteiger partial charge >= 0.3 is 5.97 Å². The number of halogens is 1. The smallest absolute Gasteiger partial charge is 0.337 e. The summed E-state index contributed by atoms with van der Waals surface area (Å²) in [5.41, 5.74) is 5.67. The summed E-state index contributed by atoms with van der Waals surface area (Å²) in [6.07, 6.45) is 1.55. The van der Waals surface area contributed by atoms with Crippen LogP contribution in [0.2, 0.25) is 5.02 Å². The summed E-state index contributed by atoms with van der Waals surface area (Å²) in [6, 6.07) is 14.2. The number of aromatic nitrogens is 1. The summed E-state index contributed by atoms with van der Waals surface area (Å²) in [5.74, 6) is -1.59. The number of amides is 1. The molecule has 1 amide bonds. The Hall–Kier alpha value is -3.82. The predicted octanol–water partition coefficient (Wildman–Crippen LogP) is 5.61. The molecule has 0 bridgehead atoms. The second kappa shape index (κ2) is 9.13. The fourth-order valence-corrected chi connectivity index (χ4v) is 3.85. The van der Waals surface area contributed by atoms with E-state index in [0.29, 0.717) is 16.9 Å². The molecule has 0 saturated carbocycles. The molecule has 3 rings (SSSR count). The molecule has 7 heteroatoms. The average molecular weight is 448 g/mol. The molecule has 32 heavy (non-hydrogen) atoms. The first-order valence-corrected chi connectivity index (χ1v) is 10.2. The summed E-state index contributed by atoms with van der Waals surface area (Å²) in [5, 5.41) is 21.7. The van der Waals surface area contributed by atoms with Gasteiger partial charge in [-0.2, -0.15) is 5.26 Å². The molecule has 1 heterocycles. The van der Waals surface area contributed by atoms with Gasteiger partial charge in [-0.25, -0.2) is 4.79 Å². The van der Waals surface area contributed by atoms with Crippen molar-refractivity contribution in [3.8, 4) is 11.8 Å². The molecule has 3 aromatic rings. The number of carbonyl (C=O) groups is 2. The van der Waals surface area contributed by atoms with Crippen molar-refractivity contribution in [2.75, 3.05) is 5.32 Å². The molecule has 0 aliphatic rings. The highest BCUT2D eigenvalue weighted by atomic mass is 35.5. The highest BCUT2D eigenvalue weighted by Gasteiger charge is 2.16. The van der Waals surface area contributed by atoms with Crippen molar-refractivity contribution in [2.24, 2.45) is 0 Å². The van der Waals surface area contributed by atoms with Crippen LogP contribution in [-0.4, -0.2) is 21.6 Å². The van der Waals surface area contributed by atoms with Gasteiger partial charge < -0.3 is 15.0 Å². The minimum absolute atomic E-state index is 0.0211. The third kappa shape index (κ3) is 4.58. The van der Waals surface area contributed by atoms with Gasteiger partial charge in [0.1, 0.15) is 11.6 Å². The van der Waals surface area contributed by atoms with Gasteiger partial charge in [0, 0.05) is 22.8 Å². The maximum atomic E-state index is 12.7. The second-order valence-corrected chi connectivity index (χ2v) is 7.98. The molecule has 0 aliphatic heterocycles.